The summed E-state index contributed by atoms with van der Waals surface area (Å²) >= 11 is 0. The van der Waals surface area contributed by atoms with Crippen LogP contribution >= 0.6 is 0 Å². The highest BCUT2D eigenvalue weighted by molar-refractivity contribution is 7.89. The predicted molar refractivity (Wildman–Crippen MR) is 88.3 cm³/mol. The van der Waals surface area contributed by atoms with Gasteiger partial charge < -0.3 is 10.0 Å². The lowest BCUT2D eigenvalue weighted by Crippen LogP contribution is -2.45. The highest BCUT2D eigenvalue weighted by Gasteiger charge is 2.16. The molecule has 1 aliphatic heterocycles. The molecule has 1 heterocycles. The Bertz CT molecular complexity index is 642. The molecule has 0 aromatic heterocycles. The standard InChI is InChI=1S/C14H22N4O5S/c1-17-6-8-18(9-7-17)10-11-23-16-24(21,22)13-4-2-12(3-5-13)15-14(19)20/h2-5,15-16H,6-11H2,1H3,(H,19,20). The summed E-state index contributed by atoms with van der Waals surface area (Å²) in [5.74, 6) is 0. The van der Waals surface area contributed by atoms with Gasteiger partial charge in [0, 0.05) is 38.4 Å². The Labute approximate surface area is 141 Å². The lowest BCUT2D eigenvalue weighted by Gasteiger charge is -2.32. The Morgan fingerprint density at radius 1 is 1.21 bits per heavy atom. The predicted octanol–water partition coefficient (Wildman–Crippen LogP) is 0.234. The minimum Gasteiger partial charge on any atom is -0.465 e. The van der Waals surface area contributed by atoms with Gasteiger partial charge in [-0.1, -0.05) is 4.89 Å². The van der Waals surface area contributed by atoms with Crippen molar-refractivity contribution in [2.45, 2.75) is 4.90 Å². The van der Waals surface area contributed by atoms with Gasteiger partial charge >= 0.3 is 6.09 Å². The number of rotatable bonds is 7. The number of nitrogens with one attached hydrogen (secondary N) is 2. The molecule has 0 atom stereocenters. The fourth-order valence-corrected chi connectivity index (χ4v) is 3.08. The monoisotopic (exact) mass is 358 g/mol. The maximum Gasteiger partial charge on any atom is 0.409 e. The molecular formula is C14H22N4O5S. The molecule has 1 aromatic carbocycles. The average molecular weight is 358 g/mol. The molecule has 0 radical (unpaired) electrons. The lowest BCUT2D eigenvalue weighted by atomic mass is 10.3. The van der Waals surface area contributed by atoms with E-state index in [9.17, 15) is 13.2 Å². The average Bonchev–Trinajstić information content (AvgIpc) is 2.53. The topological polar surface area (TPSA) is 111 Å². The third-order valence-electron chi connectivity index (χ3n) is 3.69. The highest BCUT2D eigenvalue weighted by atomic mass is 32.2. The van der Waals surface area contributed by atoms with Crippen molar-refractivity contribution in [2.75, 3.05) is 51.7 Å². The molecule has 0 bridgehead atoms. The molecule has 1 aliphatic rings. The Morgan fingerprint density at radius 3 is 2.42 bits per heavy atom. The van der Waals surface area contributed by atoms with Crippen LogP contribution in [0.5, 0.6) is 0 Å². The van der Waals surface area contributed by atoms with Crippen LogP contribution in [-0.2, 0) is 14.9 Å². The molecule has 1 saturated heterocycles. The number of hydrogen-bond acceptors (Lipinski definition) is 6. The maximum atomic E-state index is 12.1. The first kappa shape index (κ1) is 18.6. The van der Waals surface area contributed by atoms with E-state index in [1.165, 1.54) is 24.3 Å². The van der Waals surface area contributed by atoms with Crippen LogP contribution in [0.15, 0.2) is 29.2 Å². The summed E-state index contributed by atoms with van der Waals surface area (Å²) in [5, 5.41) is 10.7. The Balaban J connectivity index is 1.77. The SMILES string of the molecule is CN1CCN(CCONS(=O)(=O)c2ccc(NC(=O)O)cc2)CC1. The third kappa shape index (κ3) is 5.73. The summed E-state index contributed by atoms with van der Waals surface area (Å²) in [4.78, 5) is 22.1. The van der Waals surface area contributed by atoms with Gasteiger partial charge in [-0.25, -0.2) is 13.2 Å². The molecule has 134 valence electrons. The summed E-state index contributed by atoms with van der Waals surface area (Å²) in [7, 11) is -1.72. The number of piperazine rings is 1. The van der Waals surface area contributed by atoms with Gasteiger partial charge in [0.15, 0.2) is 0 Å². The van der Waals surface area contributed by atoms with Crippen LogP contribution in [-0.4, -0.2) is 75.8 Å². The van der Waals surface area contributed by atoms with E-state index in [1.54, 1.807) is 0 Å². The molecule has 0 spiro atoms. The second-order valence-electron chi connectivity index (χ2n) is 5.53. The van der Waals surface area contributed by atoms with E-state index in [2.05, 4.69) is 27.0 Å². The van der Waals surface area contributed by atoms with Crippen LogP contribution < -0.4 is 10.2 Å². The second kappa shape index (κ2) is 8.40. The number of amides is 1. The first-order valence-corrected chi connectivity index (χ1v) is 8.99. The number of anilines is 1. The van der Waals surface area contributed by atoms with E-state index in [1.807, 2.05) is 0 Å². The van der Waals surface area contributed by atoms with Crippen molar-refractivity contribution >= 4 is 21.8 Å². The van der Waals surface area contributed by atoms with E-state index in [0.29, 0.717) is 6.54 Å². The zero-order valence-corrected chi connectivity index (χ0v) is 14.3. The van der Waals surface area contributed by atoms with E-state index in [0.717, 1.165) is 26.2 Å². The second-order valence-corrected chi connectivity index (χ2v) is 7.18. The molecule has 0 aliphatic carbocycles. The maximum absolute atomic E-state index is 12.1. The van der Waals surface area contributed by atoms with E-state index in [4.69, 9.17) is 9.94 Å². The smallest absolute Gasteiger partial charge is 0.409 e. The zero-order chi connectivity index (χ0) is 17.6. The van der Waals surface area contributed by atoms with Gasteiger partial charge in [0.2, 0.25) is 0 Å². The fraction of sp³-hybridized carbons (Fsp3) is 0.500. The molecule has 24 heavy (non-hydrogen) atoms. The van der Waals surface area contributed by atoms with Crippen molar-refractivity contribution in [1.29, 1.82) is 0 Å². The third-order valence-corrected chi connectivity index (χ3v) is 4.92. The quantitative estimate of drug-likeness (QED) is 0.473. The van der Waals surface area contributed by atoms with Crippen molar-refractivity contribution in [1.82, 2.24) is 14.7 Å². The van der Waals surface area contributed by atoms with Crippen molar-refractivity contribution in [2.24, 2.45) is 0 Å². The zero-order valence-electron chi connectivity index (χ0n) is 13.4. The van der Waals surface area contributed by atoms with Crippen LogP contribution in [0.4, 0.5) is 10.5 Å². The van der Waals surface area contributed by atoms with Crippen LogP contribution in [0.1, 0.15) is 0 Å². The lowest BCUT2D eigenvalue weighted by molar-refractivity contribution is 0.0567. The molecule has 0 saturated carbocycles. The van der Waals surface area contributed by atoms with Gasteiger partial charge in [0.1, 0.15) is 0 Å². The number of hydrogen-bond donors (Lipinski definition) is 3. The van der Waals surface area contributed by atoms with Crippen molar-refractivity contribution in [3.8, 4) is 0 Å². The molecule has 1 aromatic rings. The Hall–Kier alpha value is -1.72. The van der Waals surface area contributed by atoms with Crippen LogP contribution in [0.2, 0.25) is 0 Å². The van der Waals surface area contributed by atoms with E-state index in [-0.39, 0.29) is 17.2 Å². The molecular weight excluding hydrogens is 336 g/mol. The normalized spacial score (nSPS) is 16.9. The minimum absolute atomic E-state index is 0.00182. The molecule has 1 fully saturated rings. The molecule has 10 heteroatoms. The molecule has 3 N–H and O–H groups in total. The number of carbonyl (C=O) groups is 1. The fourth-order valence-electron chi connectivity index (χ4n) is 2.25. The first-order valence-electron chi connectivity index (χ1n) is 7.51. The molecule has 2 rings (SSSR count). The minimum atomic E-state index is -3.79. The van der Waals surface area contributed by atoms with Gasteiger partial charge in [-0.05, 0) is 31.3 Å². The van der Waals surface area contributed by atoms with E-state index < -0.39 is 16.1 Å². The van der Waals surface area contributed by atoms with Gasteiger partial charge in [-0.2, -0.15) is 0 Å². The highest BCUT2D eigenvalue weighted by Crippen LogP contribution is 2.13. The van der Waals surface area contributed by atoms with Gasteiger partial charge in [-0.3, -0.25) is 15.1 Å². The van der Waals surface area contributed by atoms with Gasteiger partial charge in [0.05, 0.1) is 11.5 Å². The van der Waals surface area contributed by atoms with Crippen LogP contribution in [0.3, 0.4) is 0 Å². The van der Waals surface area contributed by atoms with Gasteiger partial charge in [-0.15, -0.1) is 0 Å². The summed E-state index contributed by atoms with van der Waals surface area (Å²) in [5.41, 5.74) is 0.289. The summed E-state index contributed by atoms with van der Waals surface area (Å²) in [6.07, 6.45) is -1.21. The first-order chi connectivity index (χ1) is 11.4. The van der Waals surface area contributed by atoms with Gasteiger partial charge in [0.25, 0.3) is 10.0 Å². The largest absolute Gasteiger partial charge is 0.465 e. The number of carboxylic acid groups (broad SMARTS) is 1. The summed E-state index contributed by atoms with van der Waals surface area (Å²) < 4.78 is 24.1. The summed E-state index contributed by atoms with van der Waals surface area (Å²) in [6.45, 7) is 4.75. The number of nitrogens with zero attached hydrogens (tertiary/aromatic N) is 2. The number of sulfonamides is 1. The Morgan fingerprint density at radius 2 is 1.83 bits per heavy atom. The van der Waals surface area contributed by atoms with Crippen LogP contribution in [0.25, 0.3) is 0 Å². The number of benzene rings is 1. The van der Waals surface area contributed by atoms with Crippen molar-refractivity contribution in [3.63, 3.8) is 0 Å². The van der Waals surface area contributed by atoms with E-state index >= 15 is 0 Å². The summed E-state index contributed by atoms with van der Waals surface area (Å²) in [6, 6.07) is 5.34. The molecule has 9 nitrogen and oxygen atoms in total. The van der Waals surface area contributed by atoms with Crippen molar-refractivity contribution in [3.05, 3.63) is 24.3 Å². The van der Waals surface area contributed by atoms with Crippen LogP contribution in [0, 0.1) is 0 Å². The Kier molecular flexibility index (Phi) is 6.52. The van der Waals surface area contributed by atoms with Crippen molar-refractivity contribution < 1.29 is 23.2 Å². The molecule has 0 unspecified atom stereocenters. The molecule has 1 amide bonds. The number of likely N-dealkylation sites (N-methyl/N-ethyl adjacent to an activating group) is 1.